The normalized spacial score (nSPS) is 21.5. The monoisotopic (exact) mass is 512 g/mol. The molecule has 8 nitrogen and oxygen atoms in total. The largest absolute Gasteiger partial charge is 0.438 e. The Hall–Kier alpha value is -2.99. The molecule has 0 atom stereocenters. The van der Waals surface area contributed by atoms with Crippen LogP contribution in [0.15, 0.2) is 59.3 Å². The molecule has 1 aromatic heterocycles. The quantitative estimate of drug-likeness (QED) is 0.577. The summed E-state index contributed by atoms with van der Waals surface area (Å²) in [4.78, 5) is 20.6. The lowest BCUT2D eigenvalue weighted by Crippen LogP contribution is -2.55. The van der Waals surface area contributed by atoms with Gasteiger partial charge in [0.25, 0.3) is 5.91 Å². The van der Waals surface area contributed by atoms with Crippen molar-refractivity contribution >= 4 is 15.7 Å². The Morgan fingerprint density at radius 3 is 2.46 bits per heavy atom. The molecule has 2 aromatic rings. The van der Waals surface area contributed by atoms with Crippen molar-refractivity contribution in [2.75, 3.05) is 26.7 Å². The molecule has 0 saturated carbocycles. The topological polar surface area (TPSA) is 93.4 Å². The van der Waals surface area contributed by atoms with E-state index in [4.69, 9.17) is 0 Å². The minimum atomic E-state index is -4.29. The summed E-state index contributed by atoms with van der Waals surface area (Å²) in [7, 11) is -0.450. The Balaban J connectivity index is 1.60. The maximum Gasteiger partial charge on any atom is 0.438 e. The second kappa shape index (κ2) is 10.3. The van der Waals surface area contributed by atoms with Gasteiger partial charge in [-0.25, -0.2) is 18.4 Å². The van der Waals surface area contributed by atoms with Gasteiger partial charge in [0, 0.05) is 45.0 Å². The Morgan fingerprint density at radius 1 is 1.29 bits per heavy atom. The second-order valence-corrected chi connectivity index (χ2v) is 11.2. The van der Waals surface area contributed by atoms with E-state index in [1.165, 1.54) is 31.6 Å². The van der Waals surface area contributed by atoms with Crippen LogP contribution in [-0.2, 0) is 23.4 Å². The molecule has 1 saturated heterocycles. The predicted octanol–water partition coefficient (Wildman–Crippen LogP) is 2.34. The first kappa shape index (κ1) is 26.6. The summed E-state index contributed by atoms with van der Waals surface area (Å²) in [6.45, 7) is 3.04. The first-order valence-electron chi connectivity index (χ1n) is 11.0. The number of aromatic nitrogens is 2. The Morgan fingerprint density at radius 2 is 1.91 bits per heavy atom. The van der Waals surface area contributed by atoms with Crippen molar-refractivity contribution in [3.8, 4) is 0 Å². The number of likely N-dealkylation sites (tertiary alicyclic amines) is 1. The number of rotatable bonds is 7. The Bertz CT molecular complexity index is 1250. The fraction of sp³-hybridized carbons (Fsp3) is 0.435. The van der Waals surface area contributed by atoms with Crippen LogP contribution in [0.5, 0.6) is 0 Å². The molecule has 0 unspecified atom stereocenters. The standard InChI is InChI=1S/C23H28F3N5O3S/c1-4-27-22-29-14-18(15-30(22)2)21(32)28-13-17-5-7-19(8-6-17)35(33,34)20-9-11-31(3,12-10-20)16-23(24,25)26/h4-8,14-15,20H,1,9-13,16H2,2-3H3/p+1. The molecule has 1 aromatic carbocycles. The first-order chi connectivity index (χ1) is 16.3. The number of hydrogen-bond acceptors (Lipinski definition) is 5. The number of nitrogens with zero attached hydrogens (tertiary/aromatic N) is 4. The van der Waals surface area contributed by atoms with E-state index >= 15 is 0 Å². The summed E-state index contributed by atoms with van der Waals surface area (Å²) in [5.74, 6) is -0.350. The van der Waals surface area contributed by atoms with Crippen molar-refractivity contribution in [3.63, 3.8) is 0 Å². The van der Waals surface area contributed by atoms with Crippen LogP contribution in [0.3, 0.4) is 0 Å². The summed E-state index contributed by atoms with van der Waals surface area (Å²) in [5, 5.41) is 2.05. The van der Waals surface area contributed by atoms with Crippen molar-refractivity contribution in [1.82, 2.24) is 14.9 Å². The van der Waals surface area contributed by atoms with E-state index < -0.39 is 27.8 Å². The summed E-state index contributed by atoms with van der Waals surface area (Å²) < 4.78 is 65.9. The average molecular weight is 513 g/mol. The minimum absolute atomic E-state index is 0.127. The van der Waals surface area contributed by atoms with Crippen LogP contribution >= 0.6 is 0 Å². The van der Waals surface area contributed by atoms with E-state index in [1.807, 2.05) is 0 Å². The lowest BCUT2D eigenvalue weighted by Gasteiger charge is -2.40. The average Bonchev–Trinajstić information content (AvgIpc) is 2.78. The number of nitrogens with one attached hydrogen (secondary N) is 1. The van der Waals surface area contributed by atoms with Gasteiger partial charge < -0.3 is 14.4 Å². The third kappa shape index (κ3) is 6.79. The number of alkyl halides is 3. The fourth-order valence-electron chi connectivity index (χ4n) is 4.18. The van der Waals surface area contributed by atoms with Gasteiger partial charge in [-0.15, -0.1) is 0 Å². The van der Waals surface area contributed by atoms with E-state index in [9.17, 15) is 26.4 Å². The molecular formula is C23H29F3N5O3S+. The van der Waals surface area contributed by atoms with Gasteiger partial charge >= 0.3 is 6.18 Å². The zero-order valence-corrected chi connectivity index (χ0v) is 20.4. The molecule has 12 heteroatoms. The van der Waals surface area contributed by atoms with Crippen molar-refractivity contribution in [1.29, 1.82) is 0 Å². The highest BCUT2D eigenvalue weighted by molar-refractivity contribution is 7.92. The van der Waals surface area contributed by atoms with Gasteiger partial charge in [-0.05, 0) is 17.7 Å². The number of piperidine rings is 1. The summed E-state index contributed by atoms with van der Waals surface area (Å²) in [6, 6.07) is 6.18. The third-order valence-corrected chi connectivity index (χ3v) is 8.40. The van der Waals surface area contributed by atoms with Crippen LogP contribution in [0.4, 0.5) is 13.2 Å². The zero-order chi connectivity index (χ0) is 25.9. The Kier molecular flexibility index (Phi) is 7.85. The molecule has 0 spiro atoms. The smallest absolute Gasteiger partial charge is 0.348 e. The predicted molar refractivity (Wildman–Crippen MR) is 124 cm³/mol. The molecule has 1 amide bonds. The first-order valence-corrected chi connectivity index (χ1v) is 12.6. The summed E-state index contributed by atoms with van der Waals surface area (Å²) in [5.41, 5.74) is 1.43. The van der Waals surface area contributed by atoms with E-state index in [2.05, 4.69) is 21.9 Å². The lowest BCUT2D eigenvalue weighted by atomic mass is 10.1. The number of benzene rings is 1. The van der Waals surface area contributed by atoms with Gasteiger partial charge in [-0.3, -0.25) is 4.79 Å². The third-order valence-electron chi connectivity index (χ3n) is 6.12. The molecule has 1 aliphatic heterocycles. The number of hydrogen-bond donors (Lipinski definition) is 1. The number of halogens is 3. The molecule has 190 valence electrons. The summed E-state index contributed by atoms with van der Waals surface area (Å²) >= 11 is 0. The fourth-order valence-corrected chi connectivity index (χ4v) is 5.92. The van der Waals surface area contributed by atoms with Crippen molar-refractivity contribution in [2.24, 2.45) is 12.0 Å². The molecular weight excluding hydrogens is 483 g/mol. The summed E-state index contributed by atoms with van der Waals surface area (Å²) in [6.07, 6.45) is 0.405. The molecule has 0 aliphatic carbocycles. The molecule has 1 aliphatic rings. The molecule has 1 fully saturated rings. The van der Waals surface area contributed by atoms with E-state index in [0.29, 0.717) is 16.7 Å². The number of sulfone groups is 1. The van der Waals surface area contributed by atoms with Gasteiger partial charge in [0.05, 0.1) is 35.8 Å². The second-order valence-electron chi connectivity index (χ2n) is 8.98. The van der Waals surface area contributed by atoms with Crippen molar-refractivity contribution in [3.05, 3.63) is 66.2 Å². The number of carbonyl (C=O) groups is 1. The van der Waals surface area contributed by atoms with Crippen LogP contribution in [0.2, 0.25) is 0 Å². The number of quaternary nitrogens is 1. The van der Waals surface area contributed by atoms with Crippen LogP contribution < -0.4 is 10.9 Å². The molecule has 1 N–H and O–H groups in total. The maximum atomic E-state index is 13.0. The Labute approximate surface area is 202 Å². The van der Waals surface area contributed by atoms with E-state index in [-0.39, 0.29) is 47.8 Å². The van der Waals surface area contributed by atoms with Gasteiger partial charge in [0.15, 0.2) is 16.4 Å². The SMILES string of the molecule is C=CN=c1ncc(C(=O)NCc2ccc(S(=O)(=O)C3CC[N+](C)(CC(F)(F)F)CC3)cc2)cn1C. The number of aryl methyl sites for hydroxylation is 1. The van der Waals surface area contributed by atoms with Gasteiger partial charge in [0.2, 0.25) is 5.62 Å². The number of carbonyl (C=O) groups excluding carboxylic acids is 1. The molecule has 0 radical (unpaired) electrons. The van der Waals surface area contributed by atoms with Gasteiger partial charge in [0.1, 0.15) is 0 Å². The highest BCUT2D eigenvalue weighted by Gasteiger charge is 2.44. The van der Waals surface area contributed by atoms with Gasteiger partial charge in [-0.1, -0.05) is 18.7 Å². The van der Waals surface area contributed by atoms with E-state index in [0.717, 1.165) is 0 Å². The van der Waals surface area contributed by atoms with Crippen LogP contribution in [0, 0.1) is 0 Å². The minimum Gasteiger partial charge on any atom is -0.348 e. The van der Waals surface area contributed by atoms with E-state index in [1.54, 1.807) is 29.9 Å². The van der Waals surface area contributed by atoms with Crippen LogP contribution in [-0.4, -0.2) is 66.5 Å². The maximum absolute atomic E-state index is 13.0. The molecule has 3 rings (SSSR count). The highest BCUT2D eigenvalue weighted by Crippen LogP contribution is 2.30. The lowest BCUT2D eigenvalue weighted by molar-refractivity contribution is -0.923. The molecule has 0 bridgehead atoms. The van der Waals surface area contributed by atoms with Crippen molar-refractivity contribution in [2.45, 2.75) is 35.7 Å². The van der Waals surface area contributed by atoms with Crippen LogP contribution in [0.25, 0.3) is 0 Å². The van der Waals surface area contributed by atoms with Crippen LogP contribution in [0.1, 0.15) is 28.8 Å². The zero-order valence-electron chi connectivity index (χ0n) is 19.6. The van der Waals surface area contributed by atoms with Crippen molar-refractivity contribution < 1.29 is 30.9 Å². The number of amides is 1. The van der Waals surface area contributed by atoms with Gasteiger partial charge in [-0.2, -0.15) is 13.2 Å². The highest BCUT2D eigenvalue weighted by atomic mass is 32.2. The molecule has 2 heterocycles. The molecule has 35 heavy (non-hydrogen) atoms.